The van der Waals surface area contributed by atoms with Crippen LogP contribution in [0.5, 0.6) is 0 Å². The minimum atomic E-state index is -0.832. The van der Waals surface area contributed by atoms with Gasteiger partial charge in [-0.15, -0.1) is 0 Å². The van der Waals surface area contributed by atoms with Crippen molar-refractivity contribution in [3.63, 3.8) is 0 Å². The van der Waals surface area contributed by atoms with Gasteiger partial charge in [0.2, 0.25) is 5.91 Å². The summed E-state index contributed by atoms with van der Waals surface area (Å²) in [5, 5.41) is 12.0. The van der Waals surface area contributed by atoms with Gasteiger partial charge >= 0.3 is 12.1 Å². The zero-order chi connectivity index (χ0) is 24.9. The largest absolute Gasteiger partial charge is 0.481 e. The van der Waals surface area contributed by atoms with Crippen molar-refractivity contribution >= 4 is 18.0 Å². The van der Waals surface area contributed by atoms with Gasteiger partial charge in [0, 0.05) is 37.9 Å². The molecule has 35 heavy (non-hydrogen) atoms. The standard InChI is InChI=1S/C28H34N2O5/c1-18(2)25(15-26(31)30-13-7-8-19(16-30)14-27(32)33)29-28(34)35-17-24-22-11-5-3-9-20(22)21-10-4-6-12-23(21)24/h3-6,9-12,18-19,24-25H,7-8,13-17H2,1-2H3,(H,29,34)(H,32,33)/t19?,25-/m0/s1. The maximum absolute atomic E-state index is 13.0. The first-order valence-electron chi connectivity index (χ1n) is 12.4. The number of carboxylic acid groups (broad SMARTS) is 1. The zero-order valence-electron chi connectivity index (χ0n) is 20.4. The molecule has 0 spiro atoms. The molecule has 2 atom stereocenters. The van der Waals surface area contributed by atoms with E-state index in [4.69, 9.17) is 9.84 Å². The van der Waals surface area contributed by atoms with Gasteiger partial charge in [0.1, 0.15) is 6.61 Å². The first kappa shape index (κ1) is 24.8. The number of carbonyl (C=O) groups is 3. The molecule has 0 aromatic heterocycles. The Morgan fingerprint density at radius 2 is 1.69 bits per heavy atom. The molecule has 2 aromatic rings. The topological polar surface area (TPSA) is 95.9 Å². The Kier molecular flexibility index (Phi) is 7.73. The molecule has 1 aliphatic heterocycles. The van der Waals surface area contributed by atoms with Gasteiger partial charge in [0.25, 0.3) is 0 Å². The predicted molar refractivity (Wildman–Crippen MR) is 133 cm³/mol. The second-order valence-electron chi connectivity index (χ2n) is 9.97. The number of likely N-dealkylation sites (tertiary alicyclic amines) is 1. The van der Waals surface area contributed by atoms with Gasteiger partial charge in [0.05, 0.1) is 0 Å². The molecule has 0 bridgehead atoms. The molecule has 1 fully saturated rings. The van der Waals surface area contributed by atoms with E-state index in [2.05, 4.69) is 29.6 Å². The molecule has 1 heterocycles. The number of nitrogens with one attached hydrogen (secondary N) is 1. The number of benzene rings is 2. The van der Waals surface area contributed by atoms with E-state index in [1.807, 2.05) is 38.1 Å². The Balaban J connectivity index is 1.34. The van der Waals surface area contributed by atoms with Crippen molar-refractivity contribution in [2.75, 3.05) is 19.7 Å². The van der Waals surface area contributed by atoms with Gasteiger partial charge in [-0.1, -0.05) is 62.4 Å². The highest BCUT2D eigenvalue weighted by Gasteiger charge is 2.31. The first-order chi connectivity index (χ1) is 16.8. The van der Waals surface area contributed by atoms with Crippen molar-refractivity contribution in [1.82, 2.24) is 10.2 Å². The SMILES string of the molecule is CC(C)[C@H](CC(=O)N1CCCC(CC(=O)O)C1)NC(=O)OCC1c2ccccc2-c2ccccc21. The molecule has 2 amide bonds. The fourth-order valence-corrected chi connectivity index (χ4v) is 5.27. The Bertz CT molecular complexity index is 1040. The van der Waals surface area contributed by atoms with E-state index in [0.29, 0.717) is 13.1 Å². The van der Waals surface area contributed by atoms with Crippen LogP contribution in [0, 0.1) is 11.8 Å². The van der Waals surface area contributed by atoms with Crippen LogP contribution >= 0.6 is 0 Å². The average molecular weight is 479 g/mol. The quantitative estimate of drug-likeness (QED) is 0.576. The van der Waals surface area contributed by atoms with Gasteiger partial charge in [-0.2, -0.15) is 0 Å². The molecule has 2 N–H and O–H groups in total. The third-order valence-corrected chi connectivity index (χ3v) is 7.18. The van der Waals surface area contributed by atoms with Crippen LogP contribution < -0.4 is 5.32 Å². The van der Waals surface area contributed by atoms with Crippen LogP contribution in [0.2, 0.25) is 0 Å². The second kappa shape index (κ2) is 10.9. The molecular weight excluding hydrogens is 444 g/mol. The van der Waals surface area contributed by atoms with Crippen molar-refractivity contribution in [3.8, 4) is 11.1 Å². The third-order valence-electron chi connectivity index (χ3n) is 7.18. The molecule has 0 saturated carbocycles. The maximum Gasteiger partial charge on any atom is 0.407 e. The Labute approximate surface area is 206 Å². The van der Waals surface area contributed by atoms with Crippen LogP contribution in [-0.2, 0) is 14.3 Å². The molecule has 7 heteroatoms. The summed E-state index contributed by atoms with van der Waals surface area (Å²) >= 11 is 0. The number of hydrogen-bond donors (Lipinski definition) is 2. The van der Waals surface area contributed by atoms with E-state index < -0.39 is 12.1 Å². The summed E-state index contributed by atoms with van der Waals surface area (Å²) in [6.45, 7) is 5.24. The fraction of sp³-hybridized carbons (Fsp3) is 0.464. The molecule has 1 saturated heterocycles. The number of ether oxygens (including phenoxy) is 1. The van der Waals surface area contributed by atoms with Crippen LogP contribution in [0.15, 0.2) is 48.5 Å². The number of rotatable bonds is 8. The number of alkyl carbamates (subject to hydrolysis) is 1. The number of carboxylic acids is 1. The van der Waals surface area contributed by atoms with Crippen LogP contribution in [0.1, 0.15) is 56.6 Å². The van der Waals surface area contributed by atoms with Gasteiger partial charge in [0.15, 0.2) is 0 Å². The van der Waals surface area contributed by atoms with Crippen LogP contribution in [-0.4, -0.2) is 53.7 Å². The number of piperidine rings is 1. The molecule has 2 aliphatic rings. The van der Waals surface area contributed by atoms with Gasteiger partial charge in [-0.05, 0) is 46.9 Å². The Morgan fingerprint density at radius 1 is 1.06 bits per heavy atom. The number of nitrogens with zero attached hydrogens (tertiary/aromatic N) is 1. The lowest BCUT2D eigenvalue weighted by Gasteiger charge is -2.33. The number of aliphatic carboxylic acids is 1. The van der Waals surface area contributed by atoms with Crippen molar-refractivity contribution in [1.29, 1.82) is 0 Å². The number of fused-ring (bicyclic) bond motifs is 3. The minimum Gasteiger partial charge on any atom is -0.481 e. The highest BCUT2D eigenvalue weighted by Crippen LogP contribution is 2.44. The van der Waals surface area contributed by atoms with Crippen LogP contribution in [0.4, 0.5) is 4.79 Å². The third kappa shape index (κ3) is 5.84. The normalized spacial score (nSPS) is 18.0. The Morgan fingerprint density at radius 3 is 2.29 bits per heavy atom. The minimum absolute atomic E-state index is 0.0159. The van der Waals surface area contributed by atoms with E-state index in [1.165, 1.54) is 11.1 Å². The first-order valence-corrected chi connectivity index (χ1v) is 12.4. The molecule has 1 aliphatic carbocycles. The fourth-order valence-electron chi connectivity index (χ4n) is 5.27. The molecular formula is C28H34N2O5. The van der Waals surface area contributed by atoms with Crippen molar-refractivity contribution in [2.24, 2.45) is 11.8 Å². The molecule has 186 valence electrons. The summed E-state index contributed by atoms with van der Waals surface area (Å²) in [5.74, 6) is -0.886. The van der Waals surface area contributed by atoms with E-state index in [-0.39, 0.29) is 49.2 Å². The summed E-state index contributed by atoms with van der Waals surface area (Å²) in [5.41, 5.74) is 4.65. The van der Waals surface area contributed by atoms with E-state index >= 15 is 0 Å². The van der Waals surface area contributed by atoms with Crippen molar-refractivity contribution < 1.29 is 24.2 Å². The average Bonchev–Trinajstić information content (AvgIpc) is 3.15. The molecule has 2 aromatic carbocycles. The lowest BCUT2D eigenvalue weighted by Crippen LogP contribution is -2.46. The molecule has 0 radical (unpaired) electrons. The maximum atomic E-state index is 13.0. The lowest BCUT2D eigenvalue weighted by molar-refractivity contribution is -0.141. The van der Waals surface area contributed by atoms with Gasteiger partial charge < -0.3 is 20.1 Å². The summed E-state index contributed by atoms with van der Waals surface area (Å²) in [6.07, 6.45) is 1.34. The van der Waals surface area contributed by atoms with Gasteiger partial charge in [-0.25, -0.2) is 4.79 Å². The van der Waals surface area contributed by atoms with Crippen LogP contribution in [0.3, 0.4) is 0 Å². The van der Waals surface area contributed by atoms with Crippen molar-refractivity contribution in [2.45, 2.75) is 51.5 Å². The van der Waals surface area contributed by atoms with Gasteiger partial charge in [-0.3, -0.25) is 9.59 Å². The number of amides is 2. The predicted octanol–water partition coefficient (Wildman–Crippen LogP) is 4.65. The summed E-state index contributed by atoms with van der Waals surface area (Å²) in [7, 11) is 0. The highest BCUT2D eigenvalue weighted by molar-refractivity contribution is 5.80. The van der Waals surface area contributed by atoms with E-state index in [9.17, 15) is 14.4 Å². The van der Waals surface area contributed by atoms with E-state index in [0.717, 1.165) is 24.0 Å². The van der Waals surface area contributed by atoms with Crippen LogP contribution in [0.25, 0.3) is 11.1 Å². The number of hydrogen-bond acceptors (Lipinski definition) is 4. The summed E-state index contributed by atoms with van der Waals surface area (Å²) < 4.78 is 5.67. The molecule has 4 rings (SSSR count). The summed E-state index contributed by atoms with van der Waals surface area (Å²) in [4.78, 5) is 38.5. The monoisotopic (exact) mass is 478 g/mol. The van der Waals surface area contributed by atoms with Crippen molar-refractivity contribution in [3.05, 3.63) is 59.7 Å². The second-order valence-corrected chi connectivity index (χ2v) is 9.97. The summed E-state index contributed by atoms with van der Waals surface area (Å²) in [6, 6.07) is 16.0. The van der Waals surface area contributed by atoms with E-state index in [1.54, 1.807) is 4.90 Å². The smallest absolute Gasteiger partial charge is 0.407 e. The lowest BCUT2D eigenvalue weighted by atomic mass is 9.93. The molecule has 1 unspecified atom stereocenters. The molecule has 7 nitrogen and oxygen atoms in total. The highest BCUT2D eigenvalue weighted by atomic mass is 16.5. The Hall–Kier alpha value is -3.35. The number of carbonyl (C=O) groups excluding carboxylic acids is 2. The zero-order valence-corrected chi connectivity index (χ0v) is 20.4.